The summed E-state index contributed by atoms with van der Waals surface area (Å²) in [6, 6.07) is 3.62. The summed E-state index contributed by atoms with van der Waals surface area (Å²) in [4.78, 5) is 3.94. The van der Waals surface area contributed by atoms with Gasteiger partial charge in [0.15, 0.2) is 0 Å². The number of halogens is 1. The molecule has 0 aliphatic heterocycles. The molecule has 0 spiro atoms. The number of pyridine rings is 1. The molecule has 0 radical (unpaired) electrons. The fourth-order valence-electron chi connectivity index (χ4n) is 2.23. The first-order valence-electron chi connectivity index (χ1n) is 7.00. The van der Waals surface area contributed by atoms with Crippen LogP contribution in [0.5, 0.6) is 0 Å². The quantitative estimate of drug-likeness (QED) is 0.860. The molecule has 0 saturated heterocycles. The fraction of sp³-hybridized carbons (Fsp3) is 0.467. The highest BCUT2D eigenvalue weighted by Gasteiger charge is 2.17. The largest absolute Gasteiger partial charge is 0.387 e. The van der Waals surface area contributed by atoms with E-state index in [4.69, 9.17) is 11.6 Å². The number of nitrogens with one attached hydrogen (secondary N) is 1. The van der Waals surface area contributed by atoms with Crippen LogP contribution in [0.25, 0.3) is 0 Å². The minimum absolute atomic E-state index is 0.311. The second kappa shape index (κ2) is 7.02. The summed E-state index contributed by atoms with van der Waals surface area (Å²) in [6.45, 7) is 5.22. The van der Waals surface area contributed by atoms with E-state index in [-0.39, 0.29) is 0 Å². The van der Waals surface area contributed by atoms with E-state index in [2.05, 4.69) is 29.2 Å². The number of aromatic nitrogens is 3. The Balaban J connectivity index is 1.98. The predicted molar refractivity (Wildman–Crippen MR) is 83.2 cm³/mol. The van der Waals surface area contributed by atoms with E-state index in [9.17, 15) is 5.11 Å². The molecule has 21 heavy (non-hydrogen) atoms. The highest BCUT2D eigenvalue weighted by molar-refractivity contribution is 6.30. The molecule has 6 heteroatoms. The third-order valence-electron chi connectivity index (χ3n) is 3.38. The number of rotatable bonds is 6. The second-order valence-electron chi connectivity index (χ2n) is 5.36. The molecule has 0 aliphatic carbocycles. The smallest absolute Gasteiger partial charge is 0.131 e. The van der Waals surface area contributed by atoms with Gasteiger partial charge in [-0.1, -0.05) is 25.4 Å². The first-order valence-corrected chi connectivity index (χ1v) is 7.38. The summed E-state index contributed by atoms with van der Waals surface area (Å²) < 4.78 is 1.69. The van der Waals surface area contributed by atoms with Gasteiger partial charge in [0.2, 0.25) is 0 Å². The molecule has 2 heterocycles. The van der Waals surface area contributed by atoms with Crippen molar-refractivity contribution in [1.82, 2.24) is 20.1 Å². The maximum atomic E-state index is 10.1. The van der Waals surface area contributed by atoms with E-state index in [1.165, 1.54) is 0 Å². The first kappa shape index (κ1) is 15.9. The lowest BCUT2D eigenvalue weighted by Gasteiger charge is -2.12. The Kier molecular flexibility index (Phi) is 5.33. The highest BCUT2D eigenvalue weighted by atomic mass is 35.5. The van der Waals surface area contributed by atoms with Crippen LogP contribution >= 0.6 is 11.6 Å². The van der Waals surface area contributed by atoms with Crippen LogP contribution in [0.3, 0.4) is 0 Å². The summed E-state index contributed by atoms with van der Waals surface area (Å²) in [6.07, 6.45) is 2.78. The third kappa shape index (κ3) is 3.81. The van der Waals surface area contributed by atoms with Crippen LogP contribution in [0.2, 0.25) is 5.15 Å². The van der Waals surface area contributed by atoms with E-state index >= 15 is 0 Å². The van der Waals surface area contributed by atoms with Crippen molar-refractivity contribution in [2.24, 2.45) is 7.05 Å². The normalized spacial score (nSPS) is 12.9. The maximum absolute atomic E-state index is 10.1. The Bertz CT molecular complexity index is 583. The number of nitrogens with zero attached hydrogens (tertiary/aromatic N) is 3. The van der Waals surface area contributed by atoms with E-state index in [1.807, 2.05) is 19.2 Å². The second-order valence-corrected chi connectivity index (χ2v) is 5.72. The monoisotopic (exact) mass is 308 g/mol. The number of aliphatic hydroxyl groups excluding tert-OH is 1. The minimum atomic E-state index is -0.564. The zero-order valence-electron chi connectivity index (χ0n) is 12.5. The van der Waals surface area contributed by atoms with Crippen LogP contribution in [-0.4, -0.2) is 26.4 Å². The zero-order chi connectivity index (χ0) is 15.4. The third-order valence-corrected chi connectivity index (χ3v) is 3.85. The lowest BCUT2D eigenvalue weighted by Crippen LogP contribution is -2.21. The van der Waals surface area contributed by atoms with Crippen LogP contribution in [0, 0.1) is 0 Å². The molecule has 0 fully saturated rings. The summed E-state index contributed by atoms with van der Waals surface area (Å²) in [7, 11) is 1.84. The van der Waals surface area contributed by atoms with Crippen LogP contribution in [0.15, 0.2) is 24.5 Å². The minimum Gasteiger partial charge on any atom is -0.387 e. The number of hydrogen-bond acceptors (Lipinski definition) is 4. The van der Waals surface area contributed by atoms with Crippen molar-refractivity contribution in [2.45, 2.75) is 32.4 Å². The molecule has 0 saturated carbocycles. The van der Waals surface area contributed by atoms with E-state index in [0.29, 0.717) is 24.2 Å². The van der Waals surface area contributed by atoms with Crippen molar-refractivity contribution in [3.63, 3.8) is 0 Å². The summed E-state index contributed by atoms with van der Waals surface area (Å²) >= 11 is 6.28. The molecule has 0 amide bonds. The molecule has 1 atom stereocenters. The van der Waals surface area contributed by atoms with Crippen LogP contribution in [-0.2, 0) is 13.6 Å². The van der Waals surface area contributed by atoms with Crippen molar-refractivity contribution in [3.8, 4) is 0 Å². The van der Waals surface area contributed by atoms with Gasteiger partial charge in [-0.05, 0) is 23.6 Å². The van der Waals surface area contributed by atoms with Crippen molar-refractivity contribution < 1.29 is 5.11 Å². The van der Waals surface area contributed by atoms with Gasteiger partial charge < -0.3 is 10.4 Å². The average molecular weight is 309 g/mol. The van der Waals surface area contributed by atoms with Gasteiger partial charge in [0.1, 0.15) is 5.15 Å². The van der Waals surface area contributed by atoms with E-state index in [1.54, 1.807) is 17.1 Å². The molecule has 2 aromatic heterocycles. The molecule has 0 aromatic carbocycles. The molecule has 2 N–H and O–H groups in total. The van der Waals surface area contributed by atoms with Crippen molar-refractivity contribution in [3.05, 3.63) is 46.5 Å². The topological polar surface area (TPSA) is 63.0 Å². The Labute approximate surface area is 130 Å². The van der Waals surface area contributed by atoms with Gasteiger partial charge in [0.05, 0.1) is 11.8 Å². The molecule has 5 nitrogen and oxygen atoms in total. The molecule has 0 bridgehead atoms. The fourth-order valence-corrected chi connectivity index (χ4v) is 2.43. The van der Waals surface area contributed by atoms with Crippen LogP contribution < -0.4 is 5.32 Å². The predicted octanol–water partition coefficient (Wildman–Crippen LogP) is 2.42. The molecule has 1 unspecified atom stereocenters. The standard InChI is InChI=1S/C15H21ClN4O/c1-10(2)14-12(15(16)20(3)19-14)8-18-9-13(21)11-4-6-17-7-5-11/h4-7,10,13,18,21H,8-9H2,1-3H3. The van der Waals surface area contributed by atoms with Crippen LogP contribution in [0.1, 0.15) is 42.7 Å². The van der Waals surface area contributed by atoms with E-state index in [0.717, 1.165) is 16.8 Å². The van der Waals surface area contributed by atoms with Gasteiger partial charge >= 0.3 is 0 Å². The summed E-state index contributed by atoms with van der Waals surface area (Å²) in [5.74, 6) is 0.311. The summed E-state index contributed by atoms with van der Waals surface area (Å²) in [5.41, 5.74) is 2.84. The zero-order valence-corrected chi connectivity index (χ0v) is 13.3. The van der Waals surface area contributed by atoms with Crippen molar-refractivity contribution >= 4 is 11.6 Å². The molecule has 2 aromatic rings. The Morgan fingerprint density at radius 3 is 2.62 bits per heavy atom. The van der Waals surface area contributed by atoms with Gasteiger partial charge in [-0.2, -0.15) is 5.10 Å². The van der Waals surface area contributed by atoms with Gasteiger partial charge in [0, 0.05) is 38.1 Å². The van der Waals surface area contributed by atoms with E-state index < -0.39 is 6.10 Å². The van der Waals surface area contributed by atoms with Gasteiger partial charge in [-0.25, -0.2) is 0 Å². The van der Waals surface area contributed by atoms with Crippen molar-refractivity contribution in [1.29, 1.82) is 0 Å². The first-order chi connectivity index (χ1) is 10.0. The van der Waals surface area contributed by atoms with Crippen LogP contribution in [0.4, 0.5) is 0 Å². The highest BCUT2D eigenvalue weighted by Crippen LogP contribution is 2.25. The lowest BCUT2D eigenvalue weighted by molar-refractivity contribution is 0.174. The Hall–Kier alpha value is -1.43. The number of aryl methyl sites for hydroxylation is 1. The number of aliphatic hydroxyl groups is 1. The summed E-state index contributed by atoms with van der Waals surface area (Å²) in [5, 5.41) is 18.4. The van der Waals surface area contributed by atoms with Crippen molar-refractivity contribution in [2.75, 3.05) is 6.54 Å². The van der Waals surface area contributed by atoms with Gasteiger partial charge in [-0.15, -0.1) is 0 Å². The SMILES string of the molecule is CC(C)c1nn(C)c(Cl)c1CNCC(O)c1ccncc1. The molecular formula is C15H21ClN4O. The molecule has 2 rings (SSSR count). The maximum Gasteiger partial charge on any atom is 0.131 e. The lowest BCUT2D eigenvalue weighted by atomic mass is 10.1. The van der Waals surface area contributed by atoms with Gasteiger partial charge in [-0.3, -0.25) is 9.67 Å². The molecular weight excluding hydrogens is 288 g/mol. The average Bonchev–Trinajstić information content (AvgIpc) is 2.76. The number of hydrogen-bond donors (Lipinski definition) is 2. The Morgan fingerprint density at radius 2 is 2.00 bits per heavy atom. The molecule has 0 aliphatic rings. The Morgan fingerprint density at radius 1 is 1.33 bits per heavy atom. The van der Waals surface area contributed by atoms with Gasteiger partial charge in [0.25, 0.3) is 0 Å². The molecule has 114 valence electrons.